The fraction of sp³-hybridized carbons (Fsp3) is 0.529. The monoisotopic (exact) mass is 325 g/mol. The van der Waals surface area contributed by atoms with Gasteiger partial charge >= 0.3 is 5.97 Å². The highest BCUT2D eigenvalue weighted by atomic mass is 19.1. The molecule has 0 radical (unpaired) electrons. The van der Waals surface area contributed by atoms with Crippen LogP contribution in [0.15, 0.2) is 18.2 Å². The molecule has 1 aromatic rings. The zero-order valence-corrected chi connectivity index (χ0v) is 13.1. The number of amides is 1. The van der Waals surface area contributed by atoms with E-state index in [-0.39, 0.29) is 5.56 Å². The number of benzene rings is 1. The number of hydrogen-bond acceptors (Lipinski definition) is 2. The summed E-state index contributed by atoms with van der Waals surface area (Å²) in [4.78, 5) is 23.9. The summed E-state index contributed by atoms with van der Waals surface area (Å²) in [5, 5.41) is 11.8. The number of carboxylic acids is 1. The molecule has 1 aliphatic carbocycles. The summed E-state index contributed by atoms with van der Waals surface area (Å²) < 4.78 is 27.2. The van der Waals surface area contributed by atoms with Crippen LogP contribution in [0.3, 0.4) is 0 Å². The first kappa shape index (κ1) is 17.4. The SMILES string of the molecule is CCCC[C@H](NC(=O)C1(c2ccc(F)cc2F)CCC1)C(=O)O. The normalized spacial score (nSPS) is 17.2. The number of hydrogen-bond donors (Lipinski definition) is 2. The van der Waals surface area contributed by atoms with Crippen LogP contribution in [0, 0.1) is 11.6 Å². The molecule has 1 fully saturated rings. The Hall–Kier alpha value is -1.98. The molecule has 1 aromatic carbocycles. The van der Waals surface area contributed by atoms with Crippen LogP contribution in [0.5, 0.6) is 0 Å². The second kappa shape index (κ2) is 7.06. The van der Waals surface area contributed by atoms with Crippen LogP contribution >= 0.6 is 0 Å². The summed E-state index contributed by atoms with van der Waals surface area (Å²) in [6, 6.07) is 2.18. The number of carbonyl (C=O) groups is 2. The fourth-order valence-electron chi connectivity index (χ4n) is 2.99. The molecule has 1 aliphatic rings. The Labute approximate surface area is 133 Å². The van der Waals surface area contributed by atoms with Gasteiger partial charge in [0.15, 0.2) is 0 Å². The quantitative estimate of drug-likeness (QED) is 0.809. The molecule has 0 aliphatic heterocycles. The van der Waals surface area contributed by atoms with Gasteiger partial charge in [0.2, 0.25) is 5.91 Å². The molecule has 1 atom stereocenters. The minimum Gasteiger partial charge on any atom is -0.480 e. The van der Waals surface area contributed by atoms with Gasteiger partial charge in [0.1, 0.15) is 17.7 Å². The Bertz CT molecular complexity index is 600. The second-order valence-corrected chi connectivity index (χ2v) is 6.07. The van der Waals surface area contributed by atoms with Gasteiger partial charge in [0.25, 0.3) is 0 Å². The highest BCUT2D eigenvalue weighted by molar-refractivity contribution is 5.92. The molecule has 4 nitrogen and oxygen atoms in total. The summed E-state index contributed by atoms with van der Waals surface area (Å²) >= 11 is 0. The summed E-state index contributed by atoms with van der Waals surface area (Å²) in [6.07, 6.45) is 3.44. The van der Waals surface area contributed by atoms with Gasteiger partial charge in [-0.05, 0) is 25.3 Å². The molecule has 0 bridgehead atoms. The van der Waals surface area contributed by atoms with Gasteiger partial charge in [-0.2, -0.15) is 0 Å². The summed E-state index contributed by atoms with van der Waals surface area (Å²) in [5.41, 5.74) is -0.945. The van der Waals surface area contributed by atoms with Crippen LogP contribution in [-0.2, 0) is 15.0 Å². The lowest BCUT2D eigenvalue weighted by Crippen LogP contribution is -2.54. The van der Waals surface area contributed by atoms with Crippen LogP contribution in [-0.4, -0.2) is 23.0 Å². The van der Waals surface area contributed by atoms with Crippen LogP contribution in [0.4, 0.5) is 8.78 Å². The van der Waals surface area contributed by atoms with E-state index in [2.05, 4.69) is 5.32 Å². The maximum atomic E-state index is 14.1. The van der Waals surface area contributed by atoms with Crippen molar-refractivity contribution in [1.82, 2.24) is 5.32 Å². The molecule has 0 heterocycles. The largest absolute Gasteiger partial charge is 0.480 e. The van der Waals surface area contributed by atoms with Crippen LogP contribution in [0.1, 0.15) is 51.0 Å². The molecule has 1 amide bonds. The lowest BCUT2D eigenvalue weighted by molar-refractivity contribution is -0.143. The Morgan fingerprint density at radius 1 is 1.35 bits per heavy atom. The molecule has 0 unspecified atom stereocenters. The van der Waals surface area contributed by atoms with Crippen molar-refractivity contribution in [2.24, 2.45) is 0 Å². The average Bonchev–Trinajstić information content (AvgIpc) is 2.44. The first-order valence-corrected chi connectivity index (χ1v) is 7.90. The van der Waals surface area contributed by atoms with Crippen molar-refractivity contribution >= 4 is 11.9 Å². The van der Waals surface area contributed by atoms with E-state index in [1.54, 1.807) is 0 Å². The van der Waals surface area contributed by atoms with Crippen molar-refractivity contribution in [2.75, 3.05) is 0 Å². The van der Waals surface area contributed by atoms with Gasteiger partial charge in [-0.3, -0.25) is 4.79 Å². The molecule has 2 rings (SSSR count). The maximum Gasteiger partial charge on any atom is 0.326 e. The van der Waals surface area contributed by atoms with Gasteiger partial charge in [-0.1, -0.05) is 32.3 Å². The second-order valence-electron chi connectivity index (χ2n) is 6.07. The van der Waals surface area contributed by atoms with E-state index in [0.717, 1.165) is 25.0 Å². The van der Waals surface area contributed by atoms with E-state index < -0.39 is 35.0 Å². The van der Waals surface area contributed by atoms with E-state index in [1.165, 1.54) is 6.07 Å². The topological polar surface area (TPSA) is 66.4 Å². The molecular weight excluding hydrogens is 304 g/mol. The van der Waals surface area contributed by atoms with Crippen molar-refractivity contribution in [3.63, 3.8) is 0 Å². The van der Waals surface area contributed by atoms with Crippen molar-refractivity contribution < 1.29 is 23.5 Å². The predicted octanol–water partition coefficient (Wildman–Crippen LogP) is 3.15. The van der Waals surface area contributed by atoms with Crippen LogP contribution in [0.2, 0.25) is 0 Å². The Kier molecular flexibility index (Phi) is 5.34. The van der Waals surface area contributed by atoms with E-state index >= 15 is 0 Å². The predicted molar refractivity (Wildman–Crippen MR) is 81.0 cm³/mol. The number of rotatable bonds is 7. The molecule has 0 aromatic heterocycles. The lowest BCUT2D eigenvalue weighted by atomic mass is 9.63. The van der Waals surface area contributed by atoms with Gasteiger partial charge in [0, 0.05) is 11.6 Å². The number of carbonyl (C=O) groups excluding carboxylic acids is 1. The Morgan fingerprint density at radius 2 is 2.04 bits per heavy atom. The highest BCUT2D eigenvalue weighted by Gasteiger charge is 2.48. The van der Waals surface area contributed by atoms with Crippen molar-refractivity contribution in [2.45, 2.75) is 56.9 Å². The summed E-state index contributed by atoms with van der Waals surface area (Å²) in [5.74, 6) is -3.05. The third kappa shape index (κ3) is 3.51. The van der Waals surface area contributed by atoms with Crippen LogP contribution < -0.4 is 5.32 Å². The van der Waals surface area contributed by atoms with Crippen molar-refractivity contribution in [3.8, 4) is 0 Å². The van der Waals surface area contributed by atoms with Crippen molar-refractivity contribution in [1.29, 1.82) is 0 Å². The Morgan fingerprint density at radius 3 is 2.52 bits per heavy atom. The average molecular weight is 325 g/mol. The number of carboxylic acid groups (broad SMARTS) is 1. The van der Waals surface area contributed by atoms with E-state index in [4.69, 9.17) is 0 Å². The van der Waals surface area contributed by atoms with E-state index in [0.29, 0.717) is 25.7 Å². The zero-order valence-electron chi connectivity index (χ0n) is 13.1. The van der Waals surface area contributed by atoms with Gasteiger partial charge < -0.3 is 10.4 Å². The number of unbranched alkanes of at least 4 members (excludes halogenated alkanes) is 1. The third-order valence-corrected chi connectivity index (χ3v) is 4.54. The highest BCUT2D eigenvalue weighted by Crippen LogP contribution is 2.45. The van der Waals surface area contributed by atoms with Gasteiger partial charge in [-0.25, -0.2) is 13.6 Å². The summed E-state index contributed by atoms with van der Waals surface area (Å²) in [6.45, 7) is 1.93. The smallest absolute Gasteiger partial charge is 0.326 e. The lowest BCUT2D eigenvalue weighted by Gasteiger charge is -2.41. The molecule has 0 spiro atoms. The molecular formula is C17H21F2NO3. The first-order chi connectivity index (χ1) is 10.9. The number of nitrogens with one attached hydrogen (secondary N) is 1. The number of aliphatic carboxylic acids is 1. The minimum atomic E-state index is -1.10. The third-order valence-electron chi connectivity index (χ3n) is 4.54. The standard InChI is InChI=1S/C17H21F2NO3/c1-2-3-5-14(15(21)22)20-16(23)17(8-4-9-17)12-7-6-11(18)10-13(12)19/h6-7,10,14H,2-5,8-9H2,1H3,(H,20,23)(H,21,22)/t14-/m0/s1. The van der Waals surface area contributed by atoms with E-state index in [9.17, 15) is 23.5 Å². The molecule has 6 heteroatoms. The van der Waals surface area contributed by atoms with E-state index in [1.807, 2.05) is 6.92 Å². The molecule has 1 saturated carbocycles. The molecule has 126 valence electrons. The van der Waals surface area contributed by atoms with Gasteiger partial charge in [-0.15, -0.1) is 0 Å². The first-order valence-electron chi connectivity index (χ1n) is 7.90. The Balaban J connectivity index is 2.22. The van der Waals surface area contributed by atoms with Crippen molar-refractivity contribution in [3.05, 3.63) is 35.4 Å². The zero-order chi connectivity index (χ0) is 17.0. The van der Waals surface area contributed by atoms with Crippen LogP contribution in [0.25, 0.3) is 0 Å². The summed E-state index contributed by atoms with van der Waals surface area (Å²) in [7, 11) is 0. The minimum absolute atomic E-state index is 0.141. The molecule has 0 saturated heterocycles. The molecule has 23 heavy (non-hydrogen) atoms. The number of halogens is 2. The van der Waals surface area contributed by atoms with Gasteiger partial charge in [0.05, 0.1) is 5.41 Å². The fourth-order valence-corrected chi connectivity index (χ4v) is 2.99. The maximum absolute atomic E-state index is 14.1. The molecule has 2 N–H and O–H groups in total.